The summed E-state index contributed by atoms with van der Waals surface area (Å²) >= 11 is 1.66. The molecule has 0 amide bonds. The number of aromatic nitrogens is 3. The highest BCUT2D eigenvalue weighted by molar-refractivity contribution is 7.09. The average Bonchev–Trinajstić information content (AvgIpc) is 2.79. The van der Waals surface area contributed by atoms with E-state index in [2.05, 4.69) is 25.2 Å². The van der Waals surface area contributed by atoms with Crippen LogP contribution in [0, 0.1) is 6.92 Å². The molecule has 0 aliphatic heterocycles. The summed E-state index contributed by atoms with van der Waals surface area (Å²) < 4.78 is 0. The molecule has 7 heteroatoms. The van der Waals surface area contributed by atoms with Crippen molar-refractivity contribution in [1.29, 1.82) is 0 Å². The number of hydrogen-bond donors (Lipinski definition) is 2. The van der Waals surface area contributed by atoms with Crippen LogP contribution in [-0.2, 0) is 6.54 Å². The van der Waals surface area contributed by atoms with E-state index in [1.807, 2.05) is 20.0 Å². The monoisotopic (exact) mass is 304 g/mol. The Bertz CT molecular complexity index is 634. The van der Waals surface area contributed by atoms with E-state index in [1.165, 1.54) is 0 Å². The molecule has 0 atom stereocenters. The number of hydrogen-bond acceptors (Lipinski definition) is 7. The van der Waals surface area contributed by atoms with Gasteiger partial charge in [-0.2, -0.15) is 4.98 Å². The summed E-state index contributed by atoms with van der Waals surface area (Å²) in [6.07, 6.45) is 1.95. The Balaban J connectivity index is 1.77. The summed E-state index contributed by atoms with van der Waals surface area (Å²) in [5, 5.41) is 3.12. The highest BCUT2D eigenvalue weighted by atomic mass is 32.1. The van der Waals surface area contributed by atoms with Crippen molar-refractivity contribution in [2.24, 2.45) is 5.73 Å². The second kappa shape index (κ2) is 5.57. The summed E-state index contributed by atoms with van der Waals surface area (Å²) in [4.78, 5) is 15.2. The van der Waals surface area contributed by atoms with Gasteiger partial charge >= 0.3 is 0 Å². The molecule has 1 aliphatic carbocycles. The Morgan fingerprint density at radius 2 is 2.10 bits per heavy atom. The predicted molar refractivity (Wildman–Crippen MR) is 85.4 cm³/mol. The molecule has 0 saturated heterocycles. The molecule has 4 N–H and O–H groups in total. The SMILES string of the molecule is Cc1csc(CN(C)c2cc(C3CC(N)C3)nc(N)n2)n1. The van der Waals surface area contributed by atoms with E-state index in [0.29, 0.717) is 17.9 Å². The van der Waals surface area contributed by atoms with Crippen molar-refractivity contribution in [3.8, 4) is 0 Å². The second-order valence-corrected chi connectivity index (χ2v) is 6.62. The Kier molecular flexibility index (Phi) is 3.77. The van der Waals surface area contributed by atoms with Crippen molar-refractivity contribution < 1.29 is 0 Å². The van der Waals surface area contributed by atoms with Gasteiger partial charge in [0, 0.05) is 36.1 Å². The average molecular weight is 304 g/mol. The highest BCUT2D eigenvalue weighted by Crippen LogP contribution is 2.35. The van der Waals surface area contributed by atoms with E-state index < -0.39 is 0 Å². The molecule has 1 saturated carbocycles. The van der Waals surface area contributed by atoms with Crippen LogP contribution in [0.1, 0.15) is 35.2 Å². The Morgan fingerprint density at radius 3 is 2.71 bits per heavy atom. The van der Waals surface area contributed by atoms with Gasteiger partial charge in [-0.1, -0.05) is 0 Å². The number of nitrogen functional groups attached to an aromatic ring is 1. The largest absolute Gasteiger partial charge is 0.368 e. The molecule has 2 heterocycles. The predicted octanol–water partition coefficient (Wildman–Crippen LogP) is 1.66. The standard InChI is InChI=1S/C14H20N6S/c1-8-7-21-13(17-8)6-20(2)12-5-11(18-14(16)19-12)9-3-10(15)4-9/h5,7,9-10H,3-4,6,15H2,1-2H3,(H2,16,18,19). The third-order valence-corrected chi connectivity index (χ3v) is 4.72. The topological polar surface area (TPSA) is 94.0 Å². The normalized spacial score (nSPS) is 21.1. The molecule has 1 aliphatic rings. The minimum Gasteiger partial charge on any atom is -0.368 e. The molecule has 0 aromatic carbocycles. The Morgan fingerprint density at radius 1 is 1.33 bits per heavy atom. The first kappa shape index (κ1) is 14.2. The summed E-state index contributed by atoms with van der Waals surface area (Å²) in [6, 6.07) is 2.32. The summed E-state index contributed by atoms with van der Waals surface area (Å²) in [5.41, 5.74) is 13.8. The van der Waals surface area contributed by atoms with E-state index in [4.69, 9.17) is 11.5 Å². The lowest BCUT2D eigenvalue weighted by Gasteiger charge is -2.32. The summed E-state index contributed by atoms with van der Waals surface area (Å²) in [5.74, 6) is 1.58. The van der Waals surface area contributed by atoms with Crippen LogP contribution in [0.25, 0.3) is 0 Å². The van der Waals surface area contributed by atoms with E-state index in [-0.39, 0.29) is 0 Å². The first-order valence-corrected chi connectivity index (χ1v) is 7.91. The van der Waals surface area contributed by atoms with Crippen LogP contribution in [0.3, 0.4) is 0 Å². The maximum absolute atomic E-state index is 5.85. The number of rotatable bonds is 4. The molecule has 2 aromatic heterocycles. The van der Waals surface area contributed by atoms with Gasteiger partial charge in [-0.15, -0.1) is 11.3 Å². The zero-order valence-electron chi connectivity index (χ0n) is 12.3. The lowest BCUT2D eigenvalue weighted by Crippen LogP contribution is -2.35. The summed E-state index contributed by atoms with van der Waals surface area (Å²) in [7, 11) is 1.99. The minimum atomic E-state index is 0.297. The fourth-order valence-electron chi connectivity index (χ4n) is 2.54. The van der Waals surface area contributed by atoms with Crippen molar-refractivity contribution in [2.75, 3.05) is 17.7 Å². The number of thiazole rings is 1. The van der Waals surface area contributed by atoms with E-state index in [0.717, 1.165) is 41.6 Å². The van der Waals surface area contributed by atoms with E-state index in [9.17, 15) is 0 Å². The van der Waals surface area contributed by atoms with Crippen LogP contribution in [0.4, 0.5) is 11.8 Å². The molecule has 112 valence electrons. The molecule has 2 aromatic rings. The molecule has 0 bridgehead atoms. The van der Waals surface area contributed by atoms with Crippen molar-refractivity contribution in [3.05, 3.63) is 27.8 Å². The number of aryl methyl sites for hydroxylation is 1. The van der Waals surface area contributed by atoms with Gasteiger partial charge in [0.25, 0.3) is 0 Å². The van der Waals surface area contributed by atoms with Crippen molar-refractivity contribution >= 4 is 23.1 Å². The minimum absolute atomic E-state index is 0.297. The molecule has 1 fully saturated rings. The molecule has 3 rings (SSSR count). The molecule has 0 radical (unpaired) electrons. The van der Waals surface area contributed by atoms with Gasteiger partial charge in [-0.05, 0) is 19.8 Å². The number of anilines is 2. The Labute approximate surface area is 128 Å². The third-order valence-electron chi connectivity index (χ3n) is 3.77. The van der Waals surface area contributed by atoms with Crippen molar-refractivity contribution in [3.63, 3.8) is 0 Å². The quantitative estimate of drug-likeness (QED) is 0.892. The van der Waals surface area contributed by atoms with Gasteiger partial charge in [0.15, 0.2) is 0 Å². The fourth-order valence-corrected chi connectivity index (χ4v) is 3.36. The first-order chi connectivity index (χ1) is 10.0. The smallest absolute Gasteiger partial charge is 0.222 e. The second-order valence-electron chi connectivity index (χ2n) is 5.68. The zero-order valence-corrected chi connectivity index (χ0v) is 13.1. The number of nitrogens with two attached hydrogens (primary N) is 2. The first-order valence-electron chi connectivity index (χ1n) is 7.03. The highest BCUT2D eigenvalue weighted by Gasteiger charge is 2.29. The van der Waals surface area contributed by atoms with E-state index in [1.54, 1.807) is 11.3 Å². The van der Waals surface area contributed by atoms with Gasteiger partial charge in [0.1, 0.15) is 10.8 Å². The zero-order chi connectivity index (χ0) is 15.0. The van der Waals surface area contributed by atoms with Crippen molar-refractivity contribution in [2.45, 2.75) is 38.3 Å². The fraction of sp³-hybridized carbons (Fsp3) is 0.500. The molecule has 0 spiro atoms. The molecule has 0 unspecified atom stereocenters. The Hall–Kier alpha value is -1.73. The summed E-state index contributed by atoms with van der Waals surface area (Å²) in [6.45, 7) is 2.72. The molecular weight excluding hydrogens is 284 g/mol. The van der Waals surface area contributed by atoms with Crippen LogP contribution in [0.5, 0.6) is 0 Å². The van der Waals surface area contributed by atoms with Gasteiger partial charge in [-0.25, -0.2) is 9.97 Å². The van der Waals surface area contributed by atoms with Crippen LogP contribution in [-0.4, -0.2) is 28.0 Å². The van der Waals surface area contributed by atoms with Crippen LogP contribution < -0.4 is 16.4 Å². The van der Waals surface area contributed by atoms with Crippen LogP contribution >= 0.6 is 11.3 Å². The maximum atomic E-state index is 5.85. The third kappa shape index (κ3) is 3.14. The molecule has 21 heavy (non-hydrogen) atoms. The lowest BCUT2D eigenvalue weighted by molar-refractivity contribution is 0.345. The van der Waals surface area contributed by atoms with Crippen LogP contribution in [0.15, 0.2) is 11.4 Å². The van der Waals surface area contributed by atoms with Gasteiger partial charge in [-0.3, -0.25) is 0 Å². The van der Waals surface area contributed by atoms with Crippen molar-refractivity contribution in [1.82, 2.24) is 15.0 Å². The number of nitrogens with zero attached hydrogens (tertiary/aromatic N) is 4. The van der Waals surface area contributed by atoms with E-state index >= 15 is 0 Å². The van der Waals surface area contributed by atoms with Crippen LogP contribution in [0.2, 0.25) is 0 Å². The van der Waals surface area contributed by atoms with Gasteiger partial charge in [0.05, 0.1) is 12.2 Å². The van der Waals surface area contributed by atoms with Gasteiger partial charge < -0.3 is 16.4 Å². The maximum Gasteiger partial charge on any atom is 0.222 e. The van der Waals surface area contributed by atoms with Gasteiger partial charge in [0.2, 0.25) is 5.95 Å². The lowest BCUT2D eigenvalue weighted by atomic mass is 9.78. The molecular formula is C14H20N6S. The molecule has 6 nitrogen and oxygen atoms in total.